The summed E-state index contributed by atoms with van der Waals surface area (Å²) in [5.41, 5.74) is 0. The molecule has 14 nitrogen and oxygen atoms in total. The van der Waals surface area contributed by atoms with Crippen LogP contribution in [0.25, 0.3) is 0 Å². The monoisotopic (exact) mass is 1200 g/mol. The Labute approximate surface area is 517 Å². The number of ether oxygens (including phenoxy) is 4. The molecule has 12 unspecified atom stereocenters. The van der Waals surface area contributed by atoms with Gasteiger partial charge in [-0.3, -0.25) is 4.79 Å². The van der Waals surface area contributed by atoms with Crippen molar-refractivity contribution < 1.29 is 64.6 Å². The highest BCUT2D eigenvalue weighted by molar-refractivity contribution is 5.76. The van der Waals surface area contributed by atoms with Crippen molar-refractivity contribution in [1.29, 1.82) is 0 Å². The number of hydrogen-bond acceptors (Lipinski definition) is 13. The number of carbonyl (C=O) groups excluding carboxylic acids is 1. The Balaban J connectivity index is 1.62. The molecule has 85 heavy (non-hydrogen) atoms. The second kappa shape index (κ2) is 55.5. The van der Waals surface area contributed by atoms with Gasteiger partial charge in [-0.05, 0) is 70.6 Å². The summed E-state index contributed by atoms with van der Waals surface area (Å²) in [5.74, 6) is -0.247. The smallest absolute Gasteiger partial charge is 0.220 e. The summed E-state index contributed by atoms with van der Waals surface area (Å²) < 4.78 is 22.8. The second-order valence-electron chi connectivity index (χ2n) is 24.3. The van der Waals surface area contributed by atoms with E-state index in [4.69, 9.17) is 18.9 Å². The highest BCUT2D eigenvalue weighted by atomic mass is 16.7. The molecule has 14 heteroatoms. The molecule has 2 aliphatic heterocycles. The van der Waals surface area contributed by atoms with E-state index in [1.807, 2.05) is 6.08 Å². The Hall–Kier alpha value is -2.57. The lowest BCUT2D eigenvalue weighted by Gasteiger charge is -2.46. The van der Waals surface area contributed by atoms with E-state index in [2.05, 4.69) is 79.9 Å². The number of nitrogens with one attached hydrogen (secondary N) is 1. The predicted molar refractivity (Wildman–Crippen MR) is 346 cm³/mol. The van der Waals surface area contributed by atoms with Crippen molar-refractivity contribution >= 4 is 5.91 Å². The molecule has 0 radical (unpaired) electrons. The van der Waals surface area contributed by atoms with E-state index >= 15 is 0 Å². The molecule has 0 aromatic heterocycles. The third-order valence-corrected chi connectivity index (χ3v) is 16.6. The fraction of sp³-hybridized carbons (Fsp3) is 0.817. The van der Waals surface area contributed by atoms with E-state index < -0.39 is 86.8 Å². The molecule has 2 saturated heterocycles. The number of rotatable bonds is 56. The molecule has 0 aliphatic carbocycles. The van der Waals surface area contributed by atoms with Gasteiger partial charge in [0, 0.05) is 6.42 Å². The summed E-state index contributed by atoms with van der Waals surface area (Å²) in [6.07, 6.45) is 58.3. The minimum atomic E-state index is -1.79. The van der Waals surface area contributed by atoms with Crippen LogP contribution in [-0.4, -0.2) is 140 Å². The van der Waals surface area contributed by atoms with Crippen LogP contribution in [0.15, 0.2) is 72.9 Å². The molecule has 9 N–H and O–H groups in total. The van der Waals surface area contributed by atoms with Crippen molar-refractivity contribution in [3.63, 3.8) is 0 Å². The number of carbonyl (C=O) groups is 1. The molecule has 0 saturated carbocycles. The van der Waals surface area contributed by atoms with Crippen molar-refractivity contribution in [2.24, 2.45) is 0 Å². The van der Waals surface area contributed by atoms with Gasteiger partial charge in [0.15, 0.2) is 12.6 Å². The lowest BCUT2D eigenvalue weighted by Crippen LogP contribution is -2.65. The fourth-order valence-corrected chi connectivity index (χ4v) is 11.1. The molecule has 0 spiro atoms. The van der Waals surface area contributed by atoms with Crippen LogP contribution in [0.1, 0.15) is 277 Å². The van der Waals surface area contributed by atoms with Crippen LogP contribution in [0.4, 0.5) is 0 Å². The van der Waals surface area contributed by atoms with Crippen molar-refractivity contribution in [2.75, 3.05) is 19.8 Å². The topological polar surface area (TPSA) is 228 Å². The van der Waals surface area contributed by atoms with Crippen molar-refractivity contribution in [3.05, 3.63) is 72.9 Å². The predicted octanol–water partition coefficient (Wildman–Crippen LogP) is 13.8. The summed E-state index contributed by atoms with van der Waals surface area (Å²) >= 11 is 0. The Morgan fingerprint density at radius 3 is 1.29 bits per heavy atom. The van der Waals surface area contributed by atoms with Gasteiger partial charge in [0.05, 0.1) is 32.0 Å². The van der Waals surface area contributed by atoms with Gasteiger partial charge in [0.25, 0.3) is 0 Å². The molecule has 2 rings (SSSR count). The zero-order chi connectivity index (χ0) is 61.6. The first kappa shape index (κ1) is 78.5. The Kier molecular flexibility index (Phi) is 51.3. The van der Waals surface area contributed by atoms with Gasteiger partial charge >= 0.3 is 0 Å². The van der Waals surface area contributed by atoms with Crippen LogP contribution in [0, 0.1) is 0 Å². The SMILES string of the molecule is CC/C=C\C/C=C\C/C=C\C/C=C\CCCCCCCCCCCCCCCCCCCCCCCCC(=O)NC(COC1OC(CO)C(OC2OC(CO)C(O)C(O)C2O)C(O)C1O)C(O)/C=C/CC/C=C/CCCCCCCCCCCC. The van der Waals surface area contributed by atoms with Crippen LogP contribution in [0.3, 0.4) is 0 Å². The van der Waals surface area contributed by atoms with Gasteiger partial charge in [-0.1, -0.05) is 273 Å². The maximum Gasteiger partial charge on any atom is 0.220 e. The molecule has 12 atom stereocenters. The Bertz CT molecular complexity index is 1700. The number of allylic oxidation sites excluding steroid dienone is 11. The van der Waals surface area contributed by atoms with E-state index in [9.17, 15) is 45.6 Å². The van der Waals surface area contributed by atoms with E-state index in [0.29, 0.717) is 12.8 Å². The zero-order valence-corrected chi connectivity index (χ0v) is 53.6. The summed E-state index contributed by atoms with van der Waals surface area (Å²) in [5, 5.41) is 87.3. The highest BCUT2D eigenvalue weighted by Gasteiger charge is 2.51. The third-order valence-electron chi connectivity index (χ3n) is 16.6. The van der Waals surface area contributed by atoms with Crippen LogP contribution >= 0.6 is 0 Å². The average Bonchev–Trinajstić information content (AvgIpc) is 3.70. The number of unbranched alkanes of at least 4 members (excludes halogenated alkanes) is 33. The van der Waals surface area contributed by atoms with Crippen LogP contribution < -0.4 is 5.32 Å². The molecule has 2 aliphatic rings. The van der Waals surface area contributed by atoms with Gasteiger partial charge in [0.2, 0.25) is 5.91 Å². The van der Waals surface area contributed by atoms with E-state index in [-0.39, 0.29) is 18.9 Å². The molecular weight excluding hydrogens is 1070 g/mol. The maximum atomic E-state index is 13.3. The quantitative estimate of drug-likeness (QED) is 0.0204. The van der Waals surface area contributed by atoms with Crippen LogP contribution in [0.5, 0.6) is 0 Å². The second-order valence-corrected chi connectivity index (χ2v) is 24.3. The summed E-state index contributed by atoms with van der Waals surface area (Å²) in [4.78, 5) is 13.3. The lowest BCUT2D eigenvalue weighted by atomic mass is 9.97. The molecule has 1 amide bonds. The molecular formula is C71H127NO13. The maximum absolute atomic E-state index is 13.3. The number of hydrogen-bond donors (Lipinski definition) is 9. The van der Waals surface area contributed by atoms with Crippen LogP contribution in [-0.2, 0) is 23.7 Å². The molecule has 2 fully saturated rings. The number of aliphatic hydroxyl groups excluding tert-OH is 8. The van der Waals surface area contributed by atoms with Crippen LogP contribution in [0.2, 0.25) is 0 Å². The molecule has 494 valence electrons. The fourth-order valence-electron chi connectivity index (χ4n) is 11.1. The Morgan fingerprint density at radius 2 is 0.824 bits per heavy atom. The normalized spacial score (nSPS) is 24.0. The lowest BCUT2D eigenvalue weighted by molar-refractivity contribution is -0.359. The molecule has 0 aromatic carbocycles. The van der Waals surface area contributed by atoms with Gasteiger partial charge in [-0.2, -0.15) is 0 Å². The minimum Gasteiger partial charge on any atom is -0.394 e. The summed E-state index contributed by atoms with van der Waals surface area (Å²) in [6, 6.07) is -0.932. The Morgan fingerprint density at radius 1 is 0.435 bits per heavy atom. The first-order chi connectivity index (χ1) is 41.6. The van der Waals surface area contributed by atoms with E-state index in [1.165, 1.54) is 186 Å². The first-order valence-corrected chi connectivity index (χ1v) is 34.7. The van der Waals surface area contributed by atoms with Crippen molar-refractivity contribution in [2.45, 2.75) is 351 Å². The average molecular weight is 1200 g/mol. The van der Waals surface area contributed by atoms with Crippen molar-refractivity contribution in [1.82, 2.24) is 5.32 Å². The van der Waals surface area contributed by atoms with E-state index in [1.54, 1.807) is 6.08 Å². The van der Waals surface area contributed by atoms with E-state index in [0.717, 1.165) is 57.8 Å². The number of amides is 1. The standard InChI is InChI=1S/C71H127NO13/c1-3-5-7-9-11-13-15-17-19-21-22-23-24-25-26-27-28-29-30-31-32-33-34-35-36-37-38-39-41-43-45-47-49-51-53-55-63(76)72-59(60(75)54-52-50-48-46-44-42-40-20-18-16-14-12-10-8-6-4-2)58-82-70-68(81)66(79)69(62(57-74)84-70)85-71-67(80)65(78)64(77)61(56-73)83-71/h5,7,11,13,17,19,22-23,44,46,52,54,59-62,64-71,73-75,77-81H,3-4,6,8-10,12,14-16,18,20-21,24-43,45,47-51,53,55-58H2,1-2H3,(H,72,76)/b7-5-,13-11-,19-17-,23-22-,46-44+,54-52+. The van der Waals surface area contributed by atoms with Gasteiger partial charge in [0.1, 0.15) is 48.8 Å². The summed E-state index contributed by atoms with van der Waals surface area (Å²) in [6.45, 7) is 2.68. The van der Waals surface area contributed by atoms with Gasteiger partial charge in [-0.25, -0.2) is 0 Å². The van der Waals surface area contributed by atoms with Gasteiger partial charge < -0.3 is 65.1 Å². The zero-order valence-electron chi connectivity index (χ0n) is 53.6. The number of aliphatic hydroxyl groups is 8. The van der Waals surface area contributed by atoms with Crippen molar-refractivity contribution in [3.8, 4) is 0 Å². The molecule has 0 aromatic rings. The summed E-state index contributed by atoms with van der Waals surface area (Å²) in [7, 11) is 0. The first-order valence-electron chi connectivity index (χ1n) is 34.7. The minimum absolute atomic E-state index is 0.247. The largest absolute Gasteiger partial charge is 0.394 e. The highest BCUT2D eigenvalue weighted by Crippen LogP contribution is 2.30. The third kappa shape index (κ3) is 39.9. The molecule has 0 bridgehead atoms. The molecule has 2 heterocycles. The van der Waals surface area contributed by atoms with Gasteiger partial charge in [-0.15, -0.1) is 0 Å².